The topological polar surface area (TPSA) is 38.2 Å². The fraction of sp³-hybridized carbons (Fsp3) is 0.400. The third-order valence-electron chi connectivity index (χ3n) is 1.96. The first-order valence-electron chi connectivity index (χ1n) is 4.73. The van der Waals surface area contributed by atoms with Gasteiger partial charge in [-0.05, 0) is 20.2 Å². The number of likely N-dealkylation sites (N-methyl/N-ethyl adjacent to an activating group) is 1. The van der Waals surface area contributed by atoms with Crippen LogP contribution in [-0.4, -0.2) is 42.1 Å². The molecule has 2 aromatic heterocycles. The summed E-state index contributed by atoms with van der Waals surface area (Å²) in [7, 11) is 4.03. The summed E-state index contributed by atoms with van der Waals surface area (Å²) in [6.45, 7) is 1.55. The molecular formula is C10H13N3OS. The van der Waals surface area contributed by atoms with Gasteiger partial charge in [-0.25, -0.2) is 9.97 Å². The number of aromatic nitrogens is 2. The van der Waals surface area contributed by atoms with Crippen molar-refractivity contribution in [3.8, 4) is 5.88 Å². The minimum Gasteiger partial charge on any atom is -0.476 e. The number of nitrogens with zero attached hydrogens (tertiary/aromatic N) is 3. The highest BCUT2D eigenvalue weighted by Crippen LogP contribution is 2.18. The van der Waals surface area contributed by atoms with Crippen molar-refractivity contribution in [1.82, 2.24) is 14.9 Å². The molecule has 2 aromatic rings. The maximum Gasteiger partial charge on any atom is 0.214 e. The van der Waals surface area contributed by atoms with Crippen LogP contribution in [0, 0.1) is 0 Å². The number of thiazole rings is 1. The van der Waals surface area contributed by atoms with E-state index in [0.717, 1.165) is 16.9 Å². The lowest BCUT2D eigenvalue weighted by Crippen LogP contribution is -2.19. The van der Waals surface area contributed by atoms with Crippen LogP contribution in [0.2, 0.25) is 0 Å². The van der Waals surface area contributed by atoms with Gasteiger partial charge >= 0.3 is 0 Å². The molecule has 0 aliphatic rings. The molecule has 2 heterocycles. The zero-order valence-electron chi connectivity index (χ0n) is 8.80. The molecular weight excluding hydrogens is 210 g/mol. The Bertz CT molecular complexity index is 441. The molecule has 0 spiro atoms. The third-order valence-corrected chi connectivity index (χ3v) is 2.69. The van der Waals surface area contributed by atoms with Crippen LogP contribution in [-0.2, 0) is 0 Å². The molecule has 5 heteroatoms. The Morgan fingerprint density at radius 1 is 1.40 bits per heavy atom. The fourth-order valence-corrected chi connectivity index (χ4v) is 1.80. The first-order valence-corrected chi connectivity index (χ1v) is 5.61. The van der Waals surface area contributed by atoms with Crippen LogP contribution < -0.4 is 4.74 Å². The molecule has 0 saturated heterocycles. The Morgan fingerprint density at radius 2 is 2.27 bits per heavy atom. The molecule has 0 fully saturated rings. The second kappa shape index (κ2) is 4.55. The summed E-state index contributed by atoms with van der Waals surface area (Å²) < 4.78 is 5.52. The largest absolute Gasteiger partial charge is 0.476 e. The van der Waals surface area contributed by atoms with E-state index < -0.39 is 0 Å². The Balaban J connectivity index is 2.02. The van der Waals surface area contributed by atoms with Gasteiger partial charge < -0.3 is 9.64 Å². The fourth-order valence-electron chi connectivity index (χ4n) is 1.15. The average molecular weight is 223 g/mol. The van der Waals surface area contributed by atoms with Crippen LogP contribution in [0.5, 0.6) is 5.88 Å². The molecule has 0 aliphatic carbocycles. The van der Waals surface area contributed by atoms with E-state index >= 15 is 0 Å². The van der Waals surface area contributed by atoms with Crippen molar-refractivity contribution in [3.63, 3.8) is 0 Å². The van der Waals surface area contributed by atoms with Crippen molar-refractivity contribution < 1.29 is 4.74 Å². The normalized spacial score (nSPS) is 11.1. The van der Waals surface area contributed by atoms with E-state index in [2.05, 4.69) is 14.9 Å². The van der Waals surface area contributed by atoms with E-state index in [1.165, 1.54) is 11.3 Å². The molecule has 0 radical (unpaired) electrons. The van der Waals surface area contributed by atoms with Gasteiger partial charge in [-0.15, -0.1) is 11.3 Å². The van der Waals surface area contributed by atoms with Crippen LogP contribution in [0.3, 0.4) is 0 Å². The van der Waals surface area contributed by atoms with E-state index in [9.17, 15) is 0 Å². The molecule has 0 bridgehead atoms. The molecule has 15 heavy (non-hydrogen) atoms. The Labute approximate surface area is 92.5 Å². The number of fused-ring (bicyclic) bond motifs is 1. The van der Waals surface area contributed by atoms with Gasteiger partial charge in [0.1, 0.15) is 17.0 Å². The van der Waals surface area contributed by atoms with Gasteiger partial charge in [0.05, 0.1) is 5.51 Å². The monoisotopic (exact) mass is 223 g/mol. The Hall–Kier alpha value is -1.20. The molecule has 2 rings (SSSR count). The van der Waals surface area contributed by atoms with Gasteiger partial charge in [-0.2, -0.15) is 0 Å². The van der Waals surface area contributed by atoms with E-state index in [0.29, 0.717) is 12.5 Å². The third kappa shape index (κ3) is 2.64. The van der Waals surface area contributed by atoms with E-state index in [1.807, 2.05) is 26.2 Å². The maximum atomic E-state index is 5.52. The molecule has 0 unspecified atom stereocenters. The maximum absolute atomic E-state index is 5.52. The van der Waals surface area contributed by atoms with Crippen LogP contribution >= 0.6 is 11.3 Å². The summed E-state index contributed by atoms with van der Waals surface area (Å²) in [4.78, 5) is 11.5. The lowest BCUT2D eigenvalue weighted by atomic mass is 10.4. The van der Waals surface area contributed by atoms with Crippen LogP contribution in [0.1, 0.15) is 0 Å². The van der Waals surface area contributed by atoms with E-state index in [1.54, 1.807) is 5.51 Å². The zero-order valence-corrected chi connectivity index (χ0v) is 9.62. The SMILES string of the molecule is CN(C)CCOc1ccc2ncsc2n1. The molecule has 4 nitrogen and oxygen atoms in total. The highest BCUT2D eigenvalue weighted by molar-refractivity contribution is 7.16. The molecule has 0 saturated carbocycles. The molecule has 0 atom stereocenters. The molecule has 0 N–H and O–H groups in total. The van der Waals surface area contributed by atoms with Crippen LogP contribution in [0.25, 0.3) is 10.3 Å². The number of hydrogen-bond donors (Lipinski definition) is 0. The Morgan fingerprint density at radius 3 is 3.07 bits per heavy atom. The molecule has 0 amide bonds. The van der Waals surface area contributed by atoms with Crippen LogP contribution in [0.4, 0.5) is 0 Å². The van der Waals surface area contributed by atoms with Gasteiger partial charge in [0.2, 0.25) is 5.88 Å². The minimum atomic E-state index is 0.657. The van der Waals surface area contributed by atoms with E-state index in [-0.39, 0.29) is 0 Å². The second-order valence-electron chi connectivity index (χ2n) is 3.48. The number of pyridine rings is 1. The Kier molecular flexibility index (Phi) is 3.13. The highest BCUT2D eigenvalue weighted by atomic mass is 32.1. The minimum absolute atomic E-state index is 0.657. The second-order valence-corrected chi connectivity index (χ2v) is 4.31. The van der Waals surface area contributed by atoms with Crippen molar-refractivity contribution in [1.29, 1.82) is 0 Å². The lowest BCUT2D eigenvalue weighted by molar-refractivity contribution is 0.254. The van der Waals surface area contributed by atoms with Crippen molar-refractivity contribution in [2.75, 3.05) is 27.2 Å². The van der Waals surface area contributed by atoms with E-state index in [4.69, 9.17) is 4.74 Å². The van der Waals surface area contributed by atoms with Crippen molar-refractivity contribution >= 4 is 21.7 Å². The van der Waals surface area contributed by atoms with Crippen LogP contribution in [0.15, 0.2) is 17.6 Å². The van der Waals surface area contributed by atoms with Crippen molar-refractivity contribution in [2.45, 2.75) is 0 Å². The predicted octanol–water partition coefficient (Wildman–Crippen LogP) is 1.63. The first-order chi connectivity index (χ1) is 7.25. The summed E-state index contributed by atoms with van der Waals surface area (Å²) in [5, 5.41) is 0. The van der Waals surface area contributed by atoms with Gasteiger partial charge in [0.15, 0.2) is 0 Å². The summed E-state index contributed by atoms with van der Waals surface area (Å²) in [6, 6.07) is 3.79. The smallest absolute Gasteiger partial charge is 0.214 e. The number of rotatable bonds is 4. The molecule has 0 aliphatic heterocycles. The van der Waals surface area contributed by atoms with Gasteiger partial charge in [0.25, 0.3) is 0 Å². The standard InChI is InChI=1S/C10H13N3OS/c1-13(2)5-6-14-9-4-3-8-10(12-9)15-7-11-8/h3-4,7H,5-6H2,1-2H3. The van der Waals surface area contributed by atoms with Gasteiger partial charge in [-0.1, -0.05) is 0 Å². The zero-order chi connectivity index (χ0) is 10.7. The molecule has 80 valence electrons. The quantitative estimate of drug-likeness (QED) is 0.789. The predicted molar refractivity (Wildman–Crippen MR) is 61.5 cm³/mol. The highest BCUT2D eigenvalue weighted by Gasteiger charge is 2.01. The first kappa shape index (κ1) is 10.3. The summed E-state index contributed by atoms with van der Waals surface area (Å²) >= 11 is 1.53. The van der Waals surface area contributed by atoms with Crippen molar-refractivity contribution in [3.05, 3.63) is 17.6 Å². The summed E-state index contributed by atoms with van der Waals surface area (Å²) in [6.07, 6.45) is 0. The summed E-state index contributed by atoms with van der Waals surface area (Å²) in [5.74, 6) is 0.675. The summed E-state index contributed by atoms with van der Waals surface area (Å²) in [5.41, 5.74) is 2.72. The number of ether oxygens (including phenoxy) is 1. The van der Waals surface area contributed by atoms with Gasteiger partial charge in [0, 0.05) is 12.6 Å². The molecule has 0 aromatic carbocycles. The van der Waals surface area contributed by atoms with Crippen molar-refractivity contribution in [2.24, 2.45) is 0 Å². The average Bonchev–Trinajstić information content (AvgIpc) is 2.64. The number of hydrogen-bond acceptors (Lipinski definition) is 5. The lowest BCUT2D eigenvalue weighted by Gasteiger charge is -2.09. The van der Waals surface area contributed by atoms with Gasteiger partial charge in [-0.3, -0.25) is 0 Å².